The lowest BCUT2D eigenvalue weighted by molar-refractivity contribution is 0.0921. The highest BCUT2D eigenvalue weighted by Gasteiger charge is 2.13. The second-order valence-electron chi connectivity index (χ2n) is 2.69. The zero-order valence-corrected chi connectivity index (χ0v) is 7.91. The molecule has 3 nitrogen and oxygen atoms in total. The van der Waals surface area contributed by atoms with E-state index in [1.54, 1.807) is 10.6 Å². The van der Waals surface area contributed by atoms with Crippen LogP contribution in [0.5, 0.6) is 0 Å². The van der Waals surface area contributed by atoms with Crippen molar-refractivity contribution in [3.05, 3.63) is 36.4 Å². The first-order chi connectivity index (χ1) is 6.16. The third-order valence-corrected chi connectivity index (χ3v) is 1.75. The zero-order chi connectivity index (χ0) is 9.84. The van der Waals surface area contributed by atoms with E-state index in [-0.39, 0.29) is 11.5 Å². The Hall–Kier alpha value is -1.51. The quantitative estimate of drug-likeness (QED) is 0.400. The fourth-order valence-corrected chi connectivity index (χ4v) is 1.08. The maximum atomic E-state index is 11.6. The average molecular weight is 179 g/mol. The van der Waals surface area contributed by atoms with Crippen molar-refractivity contribution in [1.82, 2.24) is 4.57 Å². The minimum Gasteiger partial charge on any atom is -0.490 e. The van der Waals surface area contributed by atoms with E-state index in [4.69, 9.17) is 4.74 Å². The molecule has 0 spiro atoms. The Morgan fingerprint density at radius 2 is 2.38 bits per heavy atom. The molecule has 3 heteroatoms. The van der Waals surface area contributed by atoms with Gasteiger partial charge < -0.3 is 9.30 Å². The number of allylic oxidation sites excluding steroid dienone is 1. The molecule has 0 saturated heterocycles. The summed E-state index contributed by atoms with van der Waals surface area (Å²) in [6.45, 7) is 5.85. The van der Waals surface area contributed by atoms with E-state index >= 15 is 0 Å². The smallest absolute Gasteiger partial charge is 0.243 e. The van der Waals surface area contributed by atoms with Gasteiger partial charge in [-0.2, -0.15) is 0 Å². The lowest BCUT2D eigenvalue weighted by Gasteiger charge is -2.05. The molecule has 0 amide bonds. The minimum absolute atomic E-state index is 0.158. The van der Waals surface area contributed by atoms with Crippen molar-refractivity contribution in [2.75, 3.05) is 6.61 Å². The number of ether oxygens (including phenoxy) is 1. The van der Waals surface area contributed by atoms with E-state index in [1.165, 1.54) is 0 Å². The first kappa shape index (κ1) is 9.58. The molecule has 1 heterocycles. The molecule has 0 aliphatic heterocycles. The van der Waals surface area contributed by atoms with Gasteiger partial charge in [-0.05, 0) is 19.1 Å². The van der Waals surface area contributed by atoms with Crippen LogP contribution in [0.2, 0.25) is 0 Å². The van der Waals surface area contributed by atoms with Crippen LogP contribution in [0.3, 0.4) is 0 Å². The summed E-state index contributed by atoms with van der Waals surface area (Å²) in [5, 5.41) is 0. The summed E-state index contributed by atoms with van der Waals surface area (Å²) in [7, 11) is 1.81. The molecule has 0 unspecified atom stereocenters. The summed E-state index contributed by atoms with van der Waals surface area (Å²) < 4.78 is 6.77. The number of carbonyl (C=O) groups is 1. The molecule has 1 rings (SSSR count). The van der Waals surface area contributed by atoms with Crippen LogP contribution in [0.15, 0.2) is 30.7 Å². The second kappa shape index (κ2) is 3.94. The molecular formula is C10H13NO2. The van der Waals surface area contributed by atoms with Crippen LogP contribution in [0.1, 0.15) is 17.4 Å². The fourth-order valence-electron chi connectivity index (χ4n) is 1.08. The Morgan fingerprint density at radius 1 is 1.69 bits per heavy atom. The van der Waals surface area contributed by atoms with Gasteiger partial charge in [0, 0.05) is 13.2 Å². The Labute approximate surface area is 77.6 Å². The van der Waals surface area contributed by atoms with E-state index in [2.05, 4.69) is 6.58 Å². The molecule has 0 fully saturated rings. The van der Waals surface area contributed by atoms with Crippen LogP contribution in [0.25, 0.3) is 0 Å². The van der Waals surface area contributed by atoms with Crippen LogP contribution < -0.4 is 0 Å². The lowest BCUT2D eigenvalue weighted by Crippen LogP contribution is -2.09. The third-order valence-electron chi connectivity index (χ3n) is 1.75. The molecule has 0 radical (unpaired) electrons. The SMILES string of the molecule is C=C(OCC)C(=O)c1cccn1C. The first-order valence-corrected chi connectivity index (χ1v) is 4.14. The molecule has 0 aliphatic carbocycles. The Balaban J connectivity index is 2.80. The maximum absolute atomic E-state index is 11.6. The Morgan fingerprint density at radius 3 is 2.85 bits per heavy atom. The summed E-state index contributed by atoms with van der Waals surface area (Å²) >= 11 is 0. The number of aryl methyl sites for hydroxylation is 1. The van der Waals surface area contributed by atoms with Gasteiger partial charge in [-0.1, -0.05) is 6.58 Å². The average Bonchev–Trinajstić information content (AvgIpc) is 2.50. The lowest BCUT2D eigenvalue weighted by atomic mass is 10.2. The van der Waals surface area contributed by atoms with Gasteiger partial charge in [0.15, 0.2) is 5.76 Å². The van der Waals surface area contributed by atoms with Crippen LogP contribution in [0.4, 0.5) is 0 Å². The van der Waals surface area contributed by atoms with E-state index in [9.17, 15) is 4.79 Å². The molecule has 1 aromatic heterocycles. The van der Waals surface area contributed by atoms with Gasteiger partial charge in [-0.25, -0.2) is 0 Å². The number of aromatic nitrogens is 1. The van der Waals surface area contributed by atoms with Gasteiger partial charge in [-0.3, -0.25) is 4.79 Å². The predicted molar refractivity (Wildman–Crippen MR) is 50.5 cm³/mol. The van der Waals surface area contributed by atoms with Crippen LogP contribution in [-0.2, 0) is 11.8 Å². The van der Waals surface area contributed by atoms with Crippen molar-refractivity contribution in [2.45, 2.75) is 6.92 Å². The number of carbonyl (C=O) groups excluding carboxylic acids is 1. The van der Waals surface area contributed by atoms with Crippen LogP contribution in [0, 0.1) is 0 Å². The molecule has 0 N–H and O–H groups in total. The van der Waals surface area contributed by atoms with Crippen molar-refractivity contribution in [1.29, 1.82) is 0 Å². The summed E-state index contributed by atoms with van der Waals surface area (Å²) in [5.74, 6) is 0.0404. The van der Waals surface area contributed by atoms with E-state index in [0.717, 1.165) is 0 Å². The molecule has 0 aromatic carbocycles. The van der Waals surface area contributed by atoms with Crippen molar-refractivity contribution in [3.8, 4) is 0 Å². The molecule has 1 aromatic rings. The summed E-state index contributed by atoms with van der Waals surface area (Å²) in [4.78, 5) is 11.6. The monoisotopic (exact) mass is 179 g/mol. The van der Waals surface area contributed by atoms with Gasteiger partial charge in [0.2, 0.25) is 5.78 Å². The molecular weight excluding hydrogens is 166 g/mol. The molecule has 0 saturated carbocycles. The third kappa shape index (κ3) is 1.99. The van der Waals surface area contributed by atoms with Gasteiger partial charge >= 0.3 is 0 Å². The van der Waals surface area contributed by atoms with Crippen molar-refractivity contribution < 1.29 is 9.53 Å². The molecule has 0 bridgehead atoms. The van der Waals surface area contributed by atoms with Gasteiger partial charge in [0.05, 0.1) is 12.3 Å². The largest absolute Gasteiger partial charge is 0.490 e. The normalized spacial score (nSPS) is 9.69. The second-order valence-corrected chi connectivity index (χ2v) is 2.69. The first-order valence-electron chi connectivity index (χ1n) is 4.14. The highest BCUT2D eigenvalue weighted by molar-refractivity contribution is 6.05. The minimum atomic E-state index is -0.158. The number of hydrogen-bond donors (Lipinski definition) is 0. The number of hydrogen-bond acceptors (Lipinski definition) is 2. The van der Waals surface area contributed by atoms with Gasteiger partial charge in [0.25, 0.3) is 0 Å². The maximum Gasteiger partial charge on any atom is 0.243 e. The predicted octanol–water partition coefficient (Wildman–Crippen LogP) is 1.76. The topological polar surface area (TPSA) is 31.2 Å². The molecule has 0 atom stereocenters. The standard InChI is InChI=1S/C10H13NO2/c1-4-13-8(2)10(12)9-6-5-7-11(9)3/h5-7H,2,4H2,1,3H3. The molecule has 70 valence electrons. The van der Waals surface area contributed by atoms with Crippen LogP contribution >= 0.6 is 0 Å². The number of rotatable bonds is 4. The number of nitrogens with zero attached hydrogens (tertiary/aromatic N) is 1. The number of ketones is 1. The van der Waals surface area contributed by atoms with E-state index < -0.39 is 0 Å². The molecule has 0 aliphatic rings. The van der Waals surface area contributed by atoms with E-state index in [0.29, 0.717) is 12.3 Å². The number of Topliss-reactive ketones (excluding diaryl/α,β-unsaturated/α-hetero) is 1. The van der Waals surface area contributed by atoms with Gasteiger partial charge in [0.1, 0.15) is 0 Å². The van der Waals surface area contributed by atoms with Crippen LogP contribution in [-0.4, -0.2) is 17.0 Å². The van der Waals surface area contributed by atoms with Crippen molar-refractivity contribution in [2.24, 2.45) is 7.05 Å². The van der Waals surface area contributed by atoms with Gasteiger partial charge in [-0.15, -0.1) is 0 Å². The van der Waals surface area contributed by atoms with Crippen molar-refractivity contribution >= 4 is 5.78 Å². The summed E-state index contributed by atoms with van der Waals surface area (Å²) in [6.07, 6.45) is 1.81. The van der Waals surface area contributed by atoms with E-state index in [1.807, 2.05) is 26.2 Å². The summed E-state index contributed by atoms with van der Waals surface area (Å²) in [5.41, 5.74) is 0.596. The highest BCUT2D eigenvalue weighted by Crippen LogP contribution is 2.07. The molecule has 13 heavy (non-hydrogen) atoms. The zero-order valence-electron chi connectivity index (χ0n) is 7.91. The highest BCUT2D eigenvalue weighted by atomic mass is 16.5. The Kier molecular flexibility index (Phi) is 2.90. The van der Waals surface area contributed by atoms with Crippen molar-refractivity contribution in [3.63, 3.8) is 0 Å². The Bertz CT molecular complexity index is 325. The summed E-state index contributed by atoms with van der Waals surface area (Å²) in [6, 6.07) is 3.55. The fraction of sp³-hybridized carbons (Fsp3) is 0.300.